The molecule has 6 aromatic rings. The number of aliphatic hydroxyl groups excluding tert-OH is 1. The fraction of sp³-hybridized carbons (Fsp3) is 0.440. The van der Waals surface area contributed by atoms with Gasteiger partial charge in [0.25, 0.3) is 0 Å². The SMILES string of the molecule is CC(C)(C)c1cc(-c2nccc3cc4oc5c6c(ccc5c4cc23)C(C)(C)CCC6(C)C)[c-]c2ccccc12.CC(C)C(/C=C(\O)C(C)C)=NC(C)(C)C.[Ir]. The van der Waals surface area contributed by atoms with Gasteiger partial charge in [-0.15, -0.1) is 29.1 Å². The number of aliphatic hydroxyl groups is 1. The van der Waals surface area contributed by atoms with Crippen LogP contribution in [0.4, 0.5) is 0 Å². The van der Waals surface area contributed by atoms with Crippen LogP contribution in [0, 0.1) is 17.9 Å². The number of allylic oxidation sites excluding steroid dienone is 2. The van der Waals surface area contributed by atoms with Gasteiger partial charge in [0, 0.05) is 60.0 Å². The van der Waals surface area contributed by atoms with Crippen LogP contribution in [-0.4, -0.2) is 21.3 Å². The molecule has 2 aromatic heterocycles. The van der Waals surface area contributed by atoms with Crippen molar-refractivity contribution < 1.29 is 29.6 Å². The molecule has 1 N–H and O–H groups in total. The maximum Gasteiger partial charge on any atom is 0.139 e. The summed E-state index contributed by atoms with van der Waals surface area (Å²) in [4.78, 5) is 9.54. The number of aliphatic imine (C=N–C) groups is 1. The summed E-state index contributed by atoms with van der Waals surface area (Å²) >= 11 is 0. The third kappa shape index (κ3) is 8.64. The second-order valence-corrected chi connectivity index (χ2v) is 19.4. The van der Waals surface area contributed by atoms with E-state index in [4.69, 9.17) is 9.40 Å². The van der Waals surface area contributed by atoms with E-state index in [1.54, 1.807) is 6.08 Å². The van der Waals surface area contributed by atoms with Crippen molar-refractivity contribution in [2.24, 2.45) is 16.8 Å². The molecule has 1 aliphatic carbocycles. The predicted molar refractivity (Wildman–Crippen MR) is 232 cm³/mol. The van der Waals surface area contributed by atoms with Crippen molar-refractivity contribution in [2.45, 2.75) is 132 Å². The van der Waals surface area contributed by atoms with Crippen LogP contribution >= 0.6 is 0 Å². The van der Waals surface area contributed by atoms with Gasteiger partial charge in [-0.05, 0) is 96.4 Å². The Morgan fingerprint density at radius 3 is 2.13 bits per heavy atom. The minimum atomic E-state index is -0.0899. The smallest absolute Gasteiger partial charge is 0.139 e. The minimum Gasteiger partial charge on any atom is -0.512 e. The summed E-state index contributed by atoms with van der Waals surface area (Å²) in [5.41, 5.74) is 9.24. The standard InChI is InChI=1S/C37H36NO.C13H25NO.Ir/c1-35(2,3)30-19-24(18-22-10-8-9-11-25(22)30)33-27-21-28-26-12-13-29-32(37(6,7)16-15-36(29,4)5)34(26)39-31(28)20-23(27)14-17-38-33;1-9(2)11(14-13(5,6)7)8-12(15)10(3)4;/h8-14,17,19-21H,15-16H2,1-7H3;8-10,15H,1-7H3;/q-1;;/b;12-8-,14-11?;. The molecule has 4 nitrogen and oxygen atoms in total. The molecule has 5 heteroatoms. The maximum atomic E-state index is 9.72. The van der Waals surface area contributed by atoms with Crippen molar-refractivity contribution >= 4 is 49.2 Å². The molecule has 0 saturated heterocycles. The number of hydrogen-bond acceptors (Lipinski definition) is 4. The quantitative estimate of drug-likeness (QED) is 0.109. The molecule has 1 aliphatic rings. The van der Waals surface area contributed by atoms with E-state index in [0.29, 0.717) is 11.7 Å². The number of furan rings is 1. The van der Waals surface area contributed by atoms with Crippen LogP contribution in [0.5, 0.6) is 0 Å². The van der Waals surface area contributed by atoms with E-state index in [0.717, 1.165) is 56.1 Å². The van der Waals surface area contributed by atoms with Crippen molar-refractivity contribution in [3.63, 3.8) is 0 Å². The van der Waals surface area contributed by atoms with Crippen LogP contribution in [0.2, 0.25) is 0 Å². The van der Waals surface area contributed by atoms with Crippen molar-refractivity contribution in [3.05, 3.63) is 101 Å². The van der Waals surface area contributed by atoms with Crippen LogP contribution in [0.3, 0.4) is 0 Å². The van der Waals surface area contributed by atoms with E-state index in [-0.39, 0.29) is 47.8 Å². The molecule has 293 valence electrons. The minimum absolute atomic E-state index is 0. The first-order valence-corrected chi connectivity index (χ1v) is 19.8. The number of fused-ring (bicyclic) bond motifs is 7. The number of nitrogens with zero attached hydrogens (tertiary/aromatic N) is 2. The van der Waals surface area contributed by atoms with Crippen LogP contribution in [0.25, 0.3) is 54.7 Å². The molecular weight excluding hydrogens is 853 g/mol. The van der Waals surface area contributed by atoms with Crippen LogP contribution in [0.1, 0.15) is 126 Å². The van der Waals surface area contributed by atoms with Gasteiger partial charge in [-0.2, -0.15) is 0 Å². The monoisotopic (exact) mass is 914 g/mol. The Kier molecular flexibility index (Phi) is 11.8. The molecule has 0 saturated carbocycles. The number of rotatable bonds is 4. The summed E-state index contributed by atoms with van der Waals surface area (Å²) in [5, 5.41) is 16.7. The molecule has 0 fully saturated rings. The Morgan fingerprint density at radius 2 is 1.49 bits per heavy atom. The van der Waals surface area contributed by atoms with Crippen molar-refractivity contribution in [3.8, 4) is 11.3 Å². The van der Waals surface area contributed by atoms with Gasteiger partial charge >= 0.3 is 0 Å². The van der Waals surface area contributed by atoms with Gasteiger partial charge in [-0.25, -0.2) is 0 Å². The second kappa shape index (κ2) is 15.3. The molecular formula is C50H61IrN2O2-. The normalized spacial score (nSPS) is 16.1. The van der Waals surface area contributed by atoms with E-state index < -0.39 is 0 Å². The number of benzene rings is 4. The van der Waals surface area contributed by atoms with Gasteiger partial charge in [-0.3, -0.25) is 9.98 Å². The number of hydrogen-bond donors (Lipinski definition) is 1. The summed E-state index contributed by atoms with van der Waals surface area (Å²) in [6.45, 7) is 30.6. The van der Waals surface area contributed by atoms with Crippen molar-refractivity contribution in [1.29, 1.82) is 0 Å². The molecule has 0 unspecified atom stereocenters. The zero-order valence-corrected chi connectivity index (χ0v) is 38.0. The maximum absolute atomic E-state index is 9.72. The topological polar surface area (TPSA) is 58.6 Å². The van der Waals surface area contributed by atoms with Crippen molar-refractivity contribution in [2.75, 3.05) is 0 Å². The zero-order valence-electron chi connectivity index (χ0n) is 35.6. The van der Waals surface area contributed by atoms with Crippen molar-refractivity contribution in [1.82, 2.24) is 4.98 Å². The summed E-state index contributed by atoms with van der Waals surface area (Å²) in [7, 11) is 0. The zero-order chi connectivity index (χ0) is 39.5. The molecule has 4 aromatic carbocycles. The molecule has 2 heterocycles. The van der Waals surface area contributed by atoms with Gasteiger partial charge in [0.2, 0.25) is 0 Å². The molecule has 7 rings (SSSR count). The van der Waals surface area contributed by atoms with Gasteiger partial charge in [-0.1, -0.05) is 117 Å². The molecule has 0 aliphatic heterocycles. The summed E-state index contributed by atoms with van der Waals surface area (Å²) in [5.74, 6) is 0.908. The van der Waals surface area contributed by atoms with E-state index in [1.165, 1.54) is 33.9 Å². The Balaban J connectivity index is 0.000000311. The van der Waals surface area contributed by atoms with Gasteiger partial charge in [0.1, 0.15) is 11.2 Å². The first-order chi connectivity index (χ1) is 25.1. The number of aromatic nitrogens is 1. The van der Waals surface area contributed by atoms with Gasteiger partial charge in [0.15, 0.2) is 0 Å². The van der Waals surface area contributed by atoms with Crippen LogP contribution < -0.4 is 0 Å². The Bertz CT molecular complexity index is 2430. The Morgan fingerprint density at radius 1 is 0.818 bits per heavy atom. The largest absolute Gasteiger partial charge is 0.512 e. The van der Waals surface area contributed by atoms with E-state index in [2.05, 4.69) is 155 Å². The fourth-order valence-corrected chi connectivity index (χ4v) is 7.85. The van der Waals surface area contributed by atoms with Gasteiger partial charge in [0.05, 0.1) is 11.3 Å². The first-order valence-electron chi connectivity index (χ1n) is 19.8. The third-order valence-electron chi connectivity index (χ3n) is 11.1. The molecule has 0 amide bonds. The average Bonchev–Trinajstić information content (AvgIpc) is 3.44. The molecule has 0 atom stereocenters. The second-order valence-electron chi connectivity index (χ2n) is 19.4. The van der Waals surface area contributed by atoms with Gasteiger partial charge < -0.3 is 9.52 Å². The molecule has 1 radical (unpaired) electrons. The Labute approximate surface area is 343 Å². The van der Waals surface area contributed by atoms with Crippen LogP contribution in [-0.2, 0) is 36.4 Å². The van der Waals surface area contributed by atoms with E-state index >= 15 is 0 Å². The summed E-state index contributed by atoms with van der Waals surface area (Å²) in [6, 6.07) is 25.8. The third-order valence-corrected chi connectivity index (χ3v) is 11.1. The predicted octanol–water partition coefficient (Wildman–Crippen LogP) is 14.4. The Hall–Kier alpha value is -3.79. The van der Waals surface area contributed by atoms with E-state index in [9.17, 15) is 5.11 Å². The first kappa shape index (κ1) is 42.4. The molecule has 0 spiro atoms. The average molecular weight is 914 g/mol. The van der Waals surface area contributed by atoms with E-state index in [1.807, 2.05) is 20.0 Å². The molecule has 55 heavy (non-hydrogen) atoms. The molecule has 0 bridgehead atoms. The number of pyridine rings is 1. The summed E-state index contributed by atoms with van der Waals surface area (Å²) in [6.07, 6.45) is 6.07. The summed E-state index contributed by atoms with van der Waals surface area (Å²) < 4.78 is 6.73. The fourth-order valence-electron chi connectivity index (χ4n) is 7.85. The van der Waals surface area contributed by atoms with Crippen LogP contribution in [0.15, 0.2) is 88.1 Å².